The molecule has 5 rings (SSSR count). The smallest absolute Gasteiger partial charge is 0.277 e. The van der Waals surface area contributed by atoms with Crippen molar-refractivity contribution >= 4 is 34.7 Å². The number of rotatable bonds is 4. The fourth-order valence-corrected chi connectivity index (χ4v) is 6.07. The van der Waals surface area contributed by atoms with Gasteiger partial charge in [-0.25, -0.2) is 0 Å². The number of thioether (sulfide) groups is 1. The molecule has 0 fully saturated rings. The molecule has 7 heteroatoms. The molecule has 150 valence electrons. The third-order valence-corrected chi connectivity index (χ3v) is 7.77. The molecule has 1 aliphatic heterocycles. The SMILES string of the molecule is C[C@@H]1CCc2sc(-c3nnc(SCC(=O)N4c5ccccc5C[C@H]4C)o3)cc2C1. The van der Waals surface area contributed by atoms with Crippen LogP contribution in [0.15, 0.2) is 40.0 Å². The zero-order valence-electron chi connectivity index (χ0n) is 16.6. The summed E-state index contributed by atoms with van der Waals surface area (Å²) in [5.41, 5.74) is 3.68. The lowest BCUT2D eigenvalue weighted by atomic mass is 9.90. The number of fused-ring (bicyclic) bond motifs is 2. The van der Waals surface area contributed by atoms with Crippen LogP contribution in [0.2, 0.25) is 0 Å². The first kappa shape index (κ1) is 18.9. The van der Waals surface area contributed by atoms with Gasteiger partial charge in [0.25, 0.3) is 11.1 Å². The first-order valence-corrected chi connectivity index (χ1v) is 11.9. The monoisotopic (exact) mass is 425 g/mol. The summed E-state index contributed by atoms with van der Waals surface area (Å²) in [7, 11) is 0. The molecule has 3 heterocycles. The van der Waals surface area contributed by atoms with E-state index in [1.54, 1.807) is 11.3 Å². The molecule has 0 bridgehead atoms. The van der Waals surface area contributed by atoms with E-state index in [0.717, 1.165) is 35.7 Å². The summed E-state index contributed by atoms with van der Waals surface area (Å²) in [5, 5.41) is 8.83. The highest BCUT2D eigenvalue weighted by Crippen LogP contribution is 2.37. The van der Waals surface area contributed by atoms with Crippen molar-refractivity contribution in [3.05, 3.63) is 46.3 Å². The summed E-state index contributed by atoms with van der Waals surface area (Å²) in [6.45, 7) is 4.39. The Hall–Kier alpha value is -2.12. The largest absolute Gasteiger partial charge is 0.410 e. The van der Waals surface area contributed by atoms with Crippen LogP contribution < -0.4 is 4.90 Å². The number of carbonyl (C=O) groups excluding carboxylic acids is 1. The summed E-state index contributed by atoms with van der Waals surface area (Å²) in [4.78, 5) is 17.2. The van der Waals surface area contributed by atoms with Crippen molar-refractivity contribution in [3.63, 3.8) is 0 Å². The number of aromatic nitrogens is 2. The van der Waals surface area contributed by atoms with Crippen LogP contribution in [0, 0.1) is 5.92 Å². The van der Waals surface area contributed by atoms with Crippen molar-refractivity contribution in [1.29, 1.82) is 0 Å². The van der Waals surface area contributed by atoms with Crippen molar-refractivity contribution in [1.82, 2.24) is 10.2 Å². The number of benzene rings is 1. The van der Waals surface area contributed by atoms with Crippen LogP contribution in [0.1, 0.15) is 36.3 Å². The Labute approximate surface area is 178 Å². The van der Waals surface area contributed by atoms with E-state index in [-0.39, 0.29) is 11.9 Å². The summed E-state index contributed by atoms with van der Waals surface area (Å²) in [6, 6.07) is 10.5. The minimum absolute atomic E-state index is 0.0766. The van der Waals surface area contributed by atoms with Gasteiger partial charge in [-0.05, 0) is 61.8 Å². The Morgan fingerprint density at radius 1 is 1.24 bits per heavy atom. The molecule has 5 nitrogen and oxygen atoms in total. The maximum Gasteiger partial charge on any atom is 0.277 e. The molecular formula is C22H23N3O2S2. The molecule has 0 unspecified atom stereocenters. The van der Waals surface area contributed by atoms with Gasteiger partial charge in [-0.2, -0.15) is 0 Å². The van der Waals surface area contributed by atoms with Crippen LogP contribution in [-0.2, 0) is 24.1 Å². The van der Waals surface area contributed by atoms with Gasteiger partial charge in [-0.3, -0.25) is 4.79 Å². The summed E-state index contributed by atoms with van der Waals surface area (Å²) in [6.07, 6.45) is 4.42. The standard InChI is InChI=1S/C22H23N3O2S2/c1-13-7-8-18-16(9-13)11-19(29-18)21-23-24-22(27-21)28-12-20(26)25-14(2)10-15-5-3-4-6-17(15)25/h3-6,11,13-14H,7-10,12H2,1-2H3/t13-,14-/m1/s1. The van der Waals surface area contributed by atoms with E-state index in [1.807, 2.05) is 23.1 Å². The lowest BCUT2D eigenvalue weighted by Gasteiger charge is -2.22. The predicted molar refractivity (Wildman–Crippen MR) is 117 cm³/mol. The van der Waals surface area contributed by atoms with E-state index in [9.17, 15) is 4.79 Å². The second kappa shape index (κ2) is 7.61. The second-order valence-corrected chi connectivity index (χ2v) is 10.1. The van der Waals surface area contributed by atoms with Gasteiger partial charge in [0.15, 0.2) is 0 Å². The average molecular weight is 426 g/mol. The van der Waals surface area contributed by atoms with Gasteiger partial charge in [0.05, 0.1) is 10.6 Å². The van der Waals surface area contributed by atoms with Gasteiger partial charge in [-0.1, -0.05) is 36.9 Å². The van der Waals surface area contributed by atoms with E-state index in [2.05, 4.69) is 36.2 Å². The minimum Gasteiger partial charge on any atom is -0.410 e. The van der Waals surface area contributed by atoms with E-state index in [1.165, 1.54) is 34.2 Å². The Bertz CT molecular complexity index is 1060. The van der Waals surface area contributed by atoms with Crippen molar-refractivity contribution in [2.45, 2.75) is 50.8 Å². The van der Waals surface area contributed by atoms with Crippen LogP contribution in [0.25, 0.3) is 10.8 Å². The van der Waals surface area contributed by atoms with Crippen LogP contribution in [0.3, 0.4) is 0 Å². The molecule has 0 saturated carbocycles. The highest BCUT2D eigenvalue weighted by molar-refractivity contribution is 7.99. The highest BCUT2D eigenvalue weighted by Gasteiger charge is 2.30. The first-order valence-electron chi connectivity index (χ1n) is 10.1. The van der Waals surface area contributed by atoms with Crippen molar-refractivity contribution in [2.75, 3.05) is 10.7 Å². The Balaban J connectivity index is 1.26. The molecular weight excluding hydrogens is 402 g/mol. The number of anilines is 1. The topological polar surface area (TPSA) is 59.2 Å². The van der Waals surface area contributed by atoms with Crippen molar-refractivity contribution in [2.24, 2.45) is 5.92 Å². The van der Waals surface area contributed by atoms with Gasteiger partial charge in [0, 0.05) is 16.6 Å². The van der Waals surface area contributed by atoms with Gasteiger partial charge in [0.1, 0.15) is 0 Å². The van der Waals surface area contributed by atoms with Crippen molar-refractivity contribution < 1.29 is 9.21 Å². The molecule has 2 aromatic heterocycles. The maximum absolute atomic E-state index is 12.8. The zero-order valence-corrected chi connectivity index (χ0v) is 18.2. The molecule has 1 aromatic carbocycles. The third-order valence-electron chi connectivity index (χ3n) is 5.74. The fraction of sp³-hybridized carbons (Fsp3) is 0.409. The quantitative estimate of drug-likeness (QED) is 0.551. The molecule has 2 aliphatic rings. The molecule has 1 aliphatic carbocycles. The summed E-state index contributed by atoms with van der Waals surface area (Å²) < 4.78 is 5.86. The Morgan fingerprint density at radius 2 is 2.10 bits per heavy atom. The second-order valence-electron chi connectivity index (χ2n) is 8.01. The van der Waals surface area contributed by atoms with Gasteiger partial charge >= 0.3 is 0 Å². The predicted octanol–water partition coefficient (Wildman–Crippen LogP) is 4.99. The third kappa shape index (κ3) is 3.62. The van der Waals surface area contributed by atoms with Crippen molar-refractivity contribution in [3.8, 4) is 10.8 Å². The minimum atomic E-state index is 0.0766. The first-order chi connectivity index (χ1) is 14.1. The molecule has 0 spiro atoms. The summed E-state index contributed by atoms with van der Waals surface area (Å²) in [5.74, 6) is 1.67. The average Bonchev–Trinajstić information content (AvgIpc) is 3.41. The molecule has 0 radical (unpaired) electrons. The molecule has 3 aromatic rings. The maximum atomic E-state index is 12.8. The molecule has 0 N–H and O–H groups in total. The number of hydrogen-bond donors (Lipinski definition) is 0. The molecule has 2 atom stereocenters. The van der Waals surface area contributed by atoms with Crippen LogP contribution in [0.5, 0.6) is 0 Å². The van der Waals surface area contributed by atoms with Gasteiger partial charge < -0.3 is 9.32 Å². The van der Waals surface area contributed by atoms with E-state index < -0.39 is 0 Å². The lowest BCUT2D eigenvalue weighted by Crippen LogP contribution is -2.36. The summed E-state index contributed by atoms with van der Waals surface area (Å²) >= 11 is 3.08. The lowest BCUT2D eigenvalue weighted by molar-refractivity contribution is -0.116. The zero-order chi connectivity index (χ0) is 20.0. The van der Waals surface area contributed by atoms with Crippen LogP contribution in [-0.4, -0.2) is 27.9 Å². The number of amides is 1. The number of thiophene rings is 1. The van der Waals surface area contributed by atoms with E-state index >= 15 is 0 Å². The Kier molecular flexibility index (Phi) is 4.95. The highest BCUT2D eigenvalue weighted by atomic mass is 32.2. The van der Waals surface area contributed by atoms with E-state index in [0.29, 0.717) is 16.9 Å². The van der Waals surface area contributed by atoms with Crippen LogP contribution >= 0.6 is 23.1 Å². The van der Waals surface area contributed by atoms with Gasteiger partial charge in [0.2, 0.25) is 5.91 Å². The number of carbonyl (C=O) groups is 1. The number of nitrogens with zero attached hydrogens (tertiary/aromatic N) is 3. The number of para-hydroxylation sites is 1. The Morgan fingerprint density at radius 3 is 3.00 bits per heavy atom. The number of aryl methyl sites for hydroxylation is 1. The van der Waals surface area contributed by atoms with Crippen LogP contribution in [0.4, 0.5) is 5.69 Å². The normalized spacial score (nSPS) is 20.6. The van der Waals surface area contributed by atoms with E-state index in [4.69, 9.17) is 4.42 Å². The fourth-order valence-electron chi connectivity index (χ4n) is 4.32. The molecule has 29 heavy (non-hydrogen) atoms. The van der Waals surface area contributed by atoms with Gasteiger partial charge in [-0.15, -0.1) is 21.5 Å². The number of hydrogen-bond acceptors (Lipinski definition) is 6. The molecule has 1 amide bonds. The molecule has 0 saturated heterocycles.